The minimum absolute atomic E-state index is 0. The first-order valence-electron chi connectivity index (χ1n) is 7.59. The van der Waals surface area contributed by atoms with Crippen molar-refractivity contribution in [3.8, 4) is 0 Å². The Hall–Kier alpha value is -1.73. The minimum atomic E-state index is 0. The summed E-state index contributed by atoms with van der Waals surface area (Å²) < 4.78 is 5.13. The van der Waals surface area contributed by atoms with Crippen LogP contribution in [0.4, 0.5) is 0 Å². The van der Waals surface area contributed by atoms with Crippen LogP contribution in [0, 0.1) is 0 Å². The lowest BCUT2D eigenvalue weighted by Crippen LogP contribution is -2.26. The molecule has 0 bridgehead atoms. The van der Waals surface area contributed by atoms with E-state index in [0.29, 0.717) is 18.3 Å². The number of hydrogen-bond donors (Lipinski definition) is 1. The highest BCUT2D eigenvalue weighted by atomic mass is 35.5. The molecular weight excluding hydrogens is 344 g/mol. The highest BCUT2D eigenvalue weighted by Crippen LogP contribution is 2.27. The van der Waals surface area contributed by atoms with Crippen LogP contribution >= 0.6 is 23.7 Å². The van der Waals surface area contributed by atoms with Gasteiger partial charge in [-0.15, -0.1) is 23.7 Å². The van der Waals surface area contributed by atoms with E-state index in [1.165, 1.54) is 10.4 Å². The fraction of sp³-hybridized carbons (Fsp3) is 0.294. The van der Waals surface area contributed by atoms with Crippen molar-refractivity contribution in [3.05, 3.63) is 70.0 Å². The molecule has 128 valence electrons. The Balaban J connectivity index is 0.00000208. The van der Waals surface area contributed by atoms with Gasteiger partial charge < -0.3 is 10.3 Å². The summed E-state index contributed by atoms with van der Waals surface area (Å²) in [6.45, 7) is 3.93. The van der Waals surface area contributed by atoms with Crippen LogP contribution in [0.15, 0.2) is 52.4 Å². The van der Waals surface area contributed by atoms with E-state index in [2.05, 4.69) is 63.7 Å². The molecule has 0 aliphatic carbocycles. The zero-order chi connectivity index (χ0) is 16.1. The fourth-order valence-electron chi connectivity index (χ4n) is 2.48. The average molecular weight is 365 g/mol. The molecule has 0 spiro atoms. The van der Waals surface area contributed by atoms with Crippen LogP contribution in [-0.2, 0) is 19.6 Å². The summed E-state index contributed by atoms with van der Waals surface area (Å²) in [4.78, 5) is 8.00. The zero-order valence-corrected chi connectivity index (χ0v) is 15.1. The van der Waals surface area contributed by atoms with Gasteiger partial charge in [0.25, 0.3) is 0 Å². The van der Waals surface area contributed by atoms with Crippen molar-refractivity contribution >= 4 is 23.7 Å². The van der Waals surface area contributed by atoms with E-state index in [0.717, 1.165) is 6.54 Å². The Labute approximate surface area is 151 Å². The molecule has 0 amide bonds. The van der Waals surface area contributed by atoms with Crippen molar-refractivity contribution in [2.24, 2.45) is 5.73 Å². The molecule has 0 radical (unpaired) electrons. The molecule has 2 aromatic heterocycles. The maximum atomic E-state index is 5.55. The largest absolute Gasteiger partial charge is 0.338 e. The van der Waals surface area contributed by atoms with E-state index in [4.69, 9.17) is 10.3 Å². The lowest BCUT2D eigenvalue weighted by molar-refractivity contribution is 0.187. The quantitative estimate of drug-likeness (QED) is 0.691. The first-order chi connectivity index (χ1) is 11.3. The SMILES string of the molecule is CC(c1cccs1)N(Cc1ccccc1)Cc1noc(CN)n1.Cl. The summed E-state index contributed by atoms with van der Waals surface area (Å²) in [6.07, 6.45) is 0. The molecule has 0 saturated heterocycles. The van der Waals surface area contributed by atoms with Crippen LogP contribution in [0.25, 0.3) is 0 Å². The Kier molecular flexibility index (Phi) is 6.93. The summed E-state index contributed by atoms with van der Waals surface area (Å²) >= 11 is 1.76. The van der Waals surface area contributed by atoms with E-state index in [1.54, 1.807) is 11.3 Å². The van der Waals surface area contributed by atoms with Gasteiger partial charge in [0.05, 0.1) is 13.1 Å². The topological polar surface area (TPSA) is 68.2 Å². The number of nitrogens with two attached hydrogens (primary N) is 1. The fourth-order valence-corrected chi connectivity index (χ4v) is 3.29. The third kappa shape index (κ3) is 4.64. The molecule has 5 nitrogen and oxygen atoms in total. The third-order valence-electron chi connectivity index (χ3n) is 3.76. The molecule has 1 atom stereocenters. The standard InChI is InChI=1S/C17H20N4OS.ClH/c1-13(15-8-5-9-23-15)21(11-14-6-3-2-4-7-14)12-16-19-17(10-18)22-20-16;/h2-9,13H,10-12,18H2,1H3;1H. The maximum Gasteiger partial charge on any atom is 0.240 e. The van der Waals surface area contributed by atoms with Gasteiger partial charge in [-0.1, -0.05) is 41.6 Å². The normalized spacial score (nSPS) is 12.1. The first kappa shape index (κ1) is 18.6. The van der Waals surface area contributed by atoms with Crippen molar-refractivity contribution in [1.82, 2.24) is 15.0 Å². The molecule has 2 heterocycles. The Morgan fingerprint density at radius 1 is 1.17 bits per heavy atom. The van der Waals surface area contributed by atoms with Crippen molar-refractivity contribution in [1.29, 1.82) is 0 Å². The number of aromatic nitrogens is 2. The average Bonchev–Trinajstić information content (AvgIpc) is 3.26. The molecule has 1 aromatic carbocycles. The highest BCUT2D eigenvalue weighted by Gasteiger charge is 2.20. The molecule has 24 heavy (non-hydrogen) atoms. The molecule has 3 aromatic rings. The number of halogens is 1. The summed E-state index contributed by atoms with van der Waals surface area (Å²) in [5, 5.41) is 6.13. The van der Waals surface area contributed by atoms with Crippen LogP contribution in [0.5, 0.6) is 0 Å². The number of benzene rings is 1. The smallest absolute Gasteiger partial charge is 0.240 e. The third-order valence-corrected chi connectivity index (χ3v) is 4.80. The first-order valence-corrected chi connectivity index (χ1v) is 8.47. The Morgan fingerprint density at radius 3 is 2.58 bits per heavy atom. The number of hydrogen-bond acceptors (Lipinski definition) is 6. The van der Waals surface area contributed by atoms with Crippen LogP contribution in [0.2, 0.25) is 0 Å². The molecule has 0 aliphatic rings. The Bertz CT molecular complexity index is 717. The predicted octanol–water partition coefficient (Wildman–Crippen LogP) is 3.78. The number of nitrogens with zero attached hydrogens (tertiary/aromatic N) is 3. The van der Waals surface area contributed by atoms with Gasteiger partial charge in [-0.2, -0.15) is 4.98 Å². The monoisotopic (exact) mass is 364 g/mol. The van der Waals surface area contributed by atoms with E-state index in [1.807, 2.05) is 6.07 Å². The van der Waals surface area contributed by atoms with Gasteiger partial charge in [-0.05, 0) is 23.9 Å². The van der Waals surface area contributed by atoms with Gasteiger partial charge in [0.1, 0.15) is 0 Å². The van der Waals surface area contributed by atoms with E-state index < -0.39 is 0 Å². The number of rotatable bonds is 7. The molecule has 3 rings (SSSR count). The van der Waals surface area contributed by atoms with Crippen molar-refractivity contribution in [2.75, 3.05) is 0 Å². The van der Waals surface area contributed by atoms with Crippen LogP contribution in [-0.4, -0.2) is 15.0 Å². The van der Waals surface area contributed by atoms with Gasteiger partial charge in [-0.3, -0.25) is 4.90 Å². The molecule has 0 aliphatic heterocycles. The van der Waals surface area contributed by atoms with Gasteiger partial charge in [-0.25, -0.2) is 0 Å². The van der Waals surface area contributed by atoms with E-state index >= 15 is 0 Å². The lowest BCUT2D eigenvalue weighted by atomic mass is 10.1. The summed E-state index contributed by atoms with van der Waals surface area (Å²) in [5.41, 5.74) is 6.81. The van der Waals surface area contributed by atoms with Gasteiger partial charge in [0.15, 0.2) is 5.82 Å². The van der Waals surface area contributed by atoms with Crippen LogP contribution in [0.3, 0.4) is 0 Å². The van der Waals surface area contributed by atoms with Gasteiger partial charge in [0, 0.05) is 17.5 Å². The second kappa shape index (κ2) is 8.94. The maximum absolute atomic E-state index is 5.55. The lowest BCUT2D eigenvalue weighted by Gasteiger charge is -2.27. The predicted molar refractivity (Wildman–Crippen MR) is 97.9 cm³/mol. The molecule has 2 N–H and O–H groups in total. The van der Waals surface area contributed by atoms with Crippen molar-refractivity contribution in [3.63, 3.8) is 0 Å². The number of thiophene rings is 1. The van der Waals surface area contributed by atoms with Crippen LogP contribution in [0.1, 0.15) is 35.1 Å². The Morgan fingerprint density at radius 2 is 1.96 bits per heavy atom. The van der Waals surface area contributed by atoms with Crippen molar-refractivity contribution < 1.29 is 4.52 Å². The molecule has 0 saturated carbocycles. The van der Waals surface area contributed by atoms with E-state index in [-0.39, 0.29) is 25.0 Å². The zero-order valence-electron chi connectivity index (χ0n) is 13.5. The second-order valence-electron chi connectivity index (χ2n) is 5.39. The minimum Gasteiger partial charge on any atom is -0.338 e. The molecule has 1 unspecified atom stereocenters. The molecular formula is C17H21ClN4OS. The highest BCUT2D eigenvalue weighted by molar-refractivity contribution is 7.10. The van der Waals surface area contributed by atoms with E-state index in [9.17, 15) is 0 Å². The summed E-state index contributed by atoms with van der Waals surface area (Å²) in [7, 11) is 0. The molecule has 7 heteroatoms. The van der Waals surface area contributed by atoms with Crippen LogP contribution < -0.4 is 5.73 Å². The van der Waals surface area contributed by atoms with Gasteiger partial charge >= 0.3 is 0 Å². The second-order valence-corrected chi connectivity index (χ2v) is 6.37. The van der Waals surface area contributed by atoms with Crippen molar-refractivity contribution in [2.45, 2.75) is 32.6 Å². The summed E-state index contributed by atoms with van der Waals surface area (Å²) in [6, 6.07) is 14.9. The van der Waals surface area contributed by atoms with Gasteiger partial charge in [0.2, 0.25) is 5.89 Å². The summed E-state index contributed by atoms with van der Waals surface area (Å²) in [5.74, 6) is 1.15. The molecule has 0 fully saturated rings.